The van der Waals surface area contributed by atoms with Crippen LogP contribution < -0.4 is 5.73 Å². The molecule has 1 aromatic carbocycles. The first-order chi connectivity index (χ1) is 6.72. The minimum absolute atomic E-state index is 0.446. The van der Waals surface area contributed by atoms with E-state index in [4.69, 9.17) is 11.0 Å². The lowest BCUT2D eigenvalue weighted by atomic mass is 10.1. The van der Waals surface area contributed by atoms with Gasteiger partial charge in [0, 0.05) is 10.1 Å². The summed E-state index contributed by atoms with van der Waals surface area (Å²) in [7, 11) is 0. The number of benzene rings is 1. The fraction of sp³-hybridized carbons (Fsp3) is 0.100. The predicted octanol–water partition coefficient (Wildman–Crippen LogP) is 3.15. The van der Waals surface area contributed by atoms with Gasteiger partial charge >= 0.3 is 0 Å². The fourth-order valence-electron chi connectivity index (χ4n) is 1.34. The van der Waals surface area contributed by atoms with E-state index in [0.29, 0.717) is 6.42 Å². The minimum Gasteiger partial charge on any atom is -0.397 e. The summed E-state index contributed by atoms with van der Waals surface area (Å²) in [6.45, 7) is 0. The second kappa shape index (κ2) is 3.75. The molecular formula is C10H7IN2S. The molecule has 0 unspecified atom stereocenters. The van der Waals surface area contributed by atoms with Crippen molar-refractivity contribution >= 4 is 49.7 Å². The molecule has 0 saturated carbocycles. The number of halogens is 1. The summed E-state index contributed by atoms with van der Waals surface area (Å²) in [6.07, 6.45) is 0.446. The first-order valence-electron chi connectivity index (χ1n) is 4.05. The van der Waals surface area contributed by atoms with Crippen LogP contribution in [0.25, 0.3) is 10.1 Å². The van der Waals surface area contributed by atoms with Crippen molar-refractivity contribution in [3.05, 3.63) is 26.6 Å². The SMILES string of the molecule is N#CCc1ccc2sc(I)c(N)c2c1. The smallest absolute Gasteiger partial charge is 0.0895 e. The Balaban J connectivity index is 2.65. The molecule has 0 atom stereocenters. The highest BCUT2D eigenvalue weighted by molar-refractivity contribution is 14.1. The summed E-state index contributed by atoms with van der Waals surface area (Å²) in [6, 6.07) is 8.16. The molecule has 0 aliphatic rings. The van der Waals surface area contributed by atoms with Crippen molar-refractivity contribution < 1.29 is 0 Å². The highest BCUT2D eigenvalue weighted by Crippen LogP contribution is 2.34. The molecule has 70 valence electrons. The number of hydrogen-bond acceptors (Lipinski definition) is 3. The highest BCUT2D eigenvalue weighted by Gasteiger charge is 2.06. The molecule has 0 bridgehead atoms. The molecule has 2 nitrogen and oxygen atoms in total. The van der Waals surface area contributed by atoms with Crippen LogP contribution in [0.5, 0.6) is 0 Å². The number of nitrogen functional groups attached to an aromatic ring is 1. The molecule has 0 aliphatic heterocycles. The molecular weight excluding hydrogens is 307 g/mol. The standard InChI is InChI=1S/C10H7IN2S/c11-10-9(13)7-5-6(3-4-12)1-2-8(7)14-10/h1-2,5H,3,13H2. The quantitative estimate of drug-likeness (QED) is 0.822. The van der Waals surface area contributed by atoms with Gasteiger partial charge in [0.15, 0.2) is 0 Å². The number of rotatable bonds is 1. The topological polar surface area (TPSA) is 49.8 Å². The van der Waals surface area contributed by atoms with E-state index in [2.05, 4.69) is 28.7 Å². The first-order valence-corrected chi connectivity index (χ1v) is 5.95. The lowest BCUT2D eigenvalue weighted by Crippen LogP contribution is -1.85. The van der Waals surface area contributed by atoms with Gasteiger partial charge in [-0.25, -0.2) is 0 Å². The summed E-state index contributed by atoms with van der Waals surface area (Å²) >= 11 is 3.92. The zero-order valence-electron chi connectivity index (χ0n) is 7.25. The van der Waals surface area contributed by atoms with Crippen LogP contribution in [-0.2, 0) is 6.42 Å². The molecule has 4 heteroatoms. The van der Waals surface area contributed by atoms with Crippen molar-refractivity contribution in [2.45, 2.75) is 6.42 Å². The van der Waals surface area contributed by atoms with Crippen LogP contribution in [0.2, 0.25) is 0 Å². The van der Waals surface area contributed by atoms with Gasteiger partial charge in [0.25, 0.3) is 0 Å². The Kier molecular flexibility index (Phi) is 2.61. The van der Waals surface area contributed by atoms with E-state index in [9.17, 15) is 0 Å². The summed E-state index contributed by atoms with van der Waals surface area (Å²) in [5.74, 6) is 0. The van der Waals surface area contributed by atoms with Crippen LogP contribution in [0.1, 0.15) is 5.56 Å². The average Bonchev–Trinajstić information content (AvgIpc) is 2.45. The number of anilines is 1. The van der Waals surface area contributed by atoms with E-state index >= 15 is 0 Å². The third-order valence-electron chi connectivity index (χ3n) is 2.03. The predicted molar refractivity (Wildman–Crippen MR) is 68.3 cm³/mol. The molecule has 0 aliphatic carbocycles. The van der Waals surface area contributed by atoms with Gasteiger partial charge in [-0.2, -0.15) is 5.26 Å². The van der Waals surface area contributed by atoms with E-state index in [1.165, 1.54) is 4.70 Å². The van der Waals surface area contributed by atoms with Gasteiger partial charge in [0.05, 0.1) is 21.1 Å². The Morgan fingerprint density at radius 2 is 2.29 bits per heavy atom. The van der Waals surface area contributed by atoms with Crippen molar-refractivity contribution in [3.8, 4) is 6.07 Å². The highest BCUT2D eigenvalue weighted by atomic mass is 127. The largest absolute Gasteiger partial charge is 0.397 e. The number of hydrogen-bond donors (Lipinski definition) is 1. The first kappa shape index (κ1) is 9.74. The maximum atomic E-state index is 8.59. The zero-order chi connectivity index (χ0) is 10.1. The van der Waals surface area contributed by atoms with E-state index in [1.807, 2.05) is 18.2 Å². The van der Waals surface area contributed by atoms with Gasteiger partial charge in [-0.15, -0.1) is 11.3 Å². The minimum atomic E-state index is 0.446. The molecule has 0 amide bonds. The third kappa shape index (κ3) is 1.57. The Bertz CT molecular complexity index is 525. The molecule has 1 heterocycles. The van der Waals surface area contributed by atoms with Gasteiger partial charge in [0.2, 0.25) is 0 Å². The Labute approximate surface area is 99.5 Å². The lowest BCUT2D eigenvalue weighted by Gasteiger charge is -1.95. The van der Waals surface area contributed by atoms with Gasteiger partial charge in [0.1, 0.15) is 0 Å². The summed E-state index contributed by atoms with van der Waals surface area (Å²) in [5.41, 5.74) is 7.79. The molecule has 0 radical (unpaired) electrons. The fourth-order valence-corrected chi connectivity index (χ4v) is 3.17. The summed E-state index contributed by atoms with van der Waals surface area (Å²) < 4.78 is 2.31. The Morgan fingerprint density at radius 1 is 1.50 bits per heavy atom. The van der Waals surface area contributed by atoms with Crippen LogP contribution >= 0.6 is 33.9 Å². The van der Waals surface area contributed by atoms with Crippen molar-refractivity contribution in [2.24, 2.45) is 0 Å². The lowest BCUT2D eigenvalue weighted by molar-refractivity contribution is 1.27. The van der Waals surface area contributed by atoms with E-state index in [-0.39, 0.29) is 0 Å². The average molecular weight is 314 g/mol. The molecule has 0 fully saturated rings. The number of nitrogens with two attached hydrogens (primary N) is 1. The normalized spacial score (nSPS) is 10.3. The summed E-state index contributed by atoms with van der Waals surface area (Å²) in [4.78, 5) is 0. The summed E-state index contributed by atoms with van der Waals surface area (Å²) in [5, 5.41) is 9.66. The van der Waals surface area contributed by atoms with Crippen LogP contribution in [-0.4, -0.2) is 0 Å². The van der Waals surface area contributed by atoms with Crippen molar-refractivity contribution in [1.82, 2.24) is 0 Å². The van der Waals surface area contributed by atoms with Gasteiger partial charge < -0.3 is 5.73 Å². The van der Waals surface area contributed by atoms with Crippen LogP contribution in [0.3, 0.4) is 0 Å². The van der Waals surface area contributed by atoms with Crippen LogP contribution in [0, 0.1) is 14.2 Å². The number of nitrogens with zero attached hydrogens (tertiary/aromatic N) is 1. The molecule has 1 aromatic heterocycles. The third-order valence-corrected chi connectivity index (χ3v) is 4.25. The molecule has 2 N–H and O–H groups in total. The van der Waals surface area contributed by atoms with Gasteiger partial charge in [-0.3, -0.25) is 0 Å². The monoisotopic (exact) mass is 314 g/mol. The molecule has 2 aromatic rings. The zero-order valence-corrected chi connectivity index (χ0v) is 10.2. The number of fused-ring (bicyclic) bond motifs is 1. The van der Waals surface area contributed by atoms with Crippen molar-refractivity contribution in [2.75, 3.05) is 5.73 Å². The van der Waals surface area contributed by atoms with E-state index < -0.39 is 0 Å². The molecule has 0 spiro atoms. The van der Waals surface area contributed by atoms with Gasteiger partial charge in [-0.1, -0.05) is 6.07 Å². The Morgan fingerprint density at radius 3 is 3.00 bits per heavy atom. The van der Waals surface area contributed by atoms with E-state index in [0.717, 1.165) is 19.5 Å². The second-order valence-electron chi connectivity index (χ2n) is 2.95. The van der Waals surface area contributed by atoms with Crippen LogP contribution in [0.15, 0.2) is 18.2 Å². The number of nitriles is 1. The molecule has 14 heavy (non-hydrogen) atoms. The molecule has 2 rings (SSSR count). The van der Waals surface area contributed by atoms with Crippen molar-refractivity contribution in [3.63, 3.8) is 0 Å². The van der Waals surface area contributed by atoms with E-state index in [1.54, 1.807) is 11.3 Å². The maximum Gasteiger partial charge on any atom is 0.0895 e. The van der Waals surface area contributed by atoms with Crippen molar-refractivity contribution in [1.29, 1.82) is 5.26 Å². The van der Waals surface area contributed by atoms with Gasteiger partial charge in [-0.05, 0) is 40.3 Å². The maximum absolute atomic E-state index is 8.59. The number of thiophene rings is 1. The molecule has 0 saturated heterocycles. The Hall–Kier alpha value is -0.800. The van der Waals surface area contributed by atoms with Crippen LogP contribution in [0.4, 0.5) is 5.69 Å². The second-order valence-corrected chi connectivity index (χ2v) is 5.82.